The highest BCUT2D eigenvalue weighted by Gasteiger charge is 2.13. The molecule has 1 aromatic carbocycles. The summed E-state index contributed by atoms with van der Waals surface area (Å²) in [6.45, 7) is 9.92. The molecule has 0 heterocycles. The Morgan fingerprint density at radius 3 is 2.20 bits per heavy atom. The Labute approximate surface area is 93.1 Å². The summed E-state index contributed by atoms with van der Waals surface area (Å²) in [6.07, 6.45) is 0. The van der Waals surface area contributed by atoms with Crippen molar-refractivity contribution in [2.24, 2.45) is 5.92 Å². The van der Waals surface area contributed by atoms with Crippen LogP contribution in [0.2, 0.25) is 0 Å². The van der Waals surface area contributed by atoms with Gasteiger partial charge in [0.15, 0.2) is 0 Å². The molecule has 0 saturated carbocycles. The maximum absolute atomic E-state index is 5.99. The van der Waals surface area contributed by atoms with Crippen molar-refractivity contribution in [2.75, 3.05) is 17.2 Å². The Bertz CT molecular complexity index is 305. The number of hydrogen-bond acceptors (Lipinski definition) is 2. The van der Waals surface area contributed by atoms with Gasteiger partial charge in [0, 0.05) is 12.6 Å². The van der Waals surface area contributed by atoms with Crippen molar-refractivity contribution in [3.8, 4) is 0 Å². The van der Waals surface area contributed by atoms with E-state index in [9.17, 15) is 0 Å². The van der Waals surface area contributed by atoms with Crippen LogP contribution in [-0.4, -0.2) is 12.6 Å². The molecule has 0 unspecified atom stereocenters. The van der Waals surface area contributed by atoms with Crippen LogP contribution in [0.5, 0.6) is 0 Å². The summed E-state index contributed by atoms with van der Waals surface area (Å²) in [4.78, 5) is 2.36. The first kappa shape index (κ1) is 11.9. The molecule has 0 atom stereocenters. The van der Waals surface area contributed by atoms with Crippen LogP contribution in [0.15, 0.2) is 24.3 Å². The molecule has 0 fully saturated rings. The van der Waals surface area contributed by atoms with Crippen molar-refractivity contribution in [1.29, 1.82) is 0 Å². The number of nitrogen functional groups attached to an aromatic ring is 1. The monoisotopic (exact) mass is 206 g/mol. The molecule has 2 nitrogen and oxygen atoms in total. The second kappa shape index (κ2) is 5.06. The van der Waals surface area contributed by atoms with Gasteiger partial charge in [-0.3, -0.25) is 0 Å². The maximum atomic E-state index is 5.99. The summed E-state index contributed by atoms with van der Waals surface area (Å²) in [5, 5.41) is 0. The molecule has 1 aromatic rings. The number of rotatable bonds is 4. The standard InChI is InChI=1S/C13H22N2/c1-10(2)9-15(11(3)4)13-8-6-5-7-12(13)14/h5-8,10-11H,9,14H2,1-4H3. The van der Waals surface area contributed by atoms with Gasteiger partial charge >= 0.3 is 0 Å². The van der Waals surface area contributed by atoms with Crippen LogP contribution in [0.4, 0.5) is 11.4 Å². The lowest BCUT2D eigenvalue weighted by Gasteiger charge is -2.31. The molecule has 0 aliphatic rings. The number of para-hydroxylation sites is 2. The van der Waals surface area contributed by atoms with Gasteiger partial charge in [0.1, 0.15) is 0 Å². The number of nitrogens with two attached hydrogens (primary N) is 1. The average molecular weight is 206 g/mol. The van der Waals surface area contributed by atoms with E-state index in [1.165, 1.54) is 0 Å². The van der Waals surface area contributed by atoms with Gasteiger partial charge in [-0.2, -0.15) is 0 Å². The van der Waals surface area contributed by atoms with Crippen LogP contribution in [-0.2, 0) is 0 Å². The van der Waals surface area contributed by atoms with E-state index in [1.54, 1.807) is 0 Å². The van der Waals surface area contributed by atoms with E-state index in [4.69, 9.17) is 5.73 Å². The molecule has 0 amide bonds. The summed E-state index contributed by atoms with van der Waals surface area (Å²) >= 11 is 0. The van der Waals surface area contributed by atoms with E-state index in [0.29, 0.717) is 12.0 Å². The fourth-order valence-corrected chi connectivity index (χ4v) is 1.73. The fraction of sp³-hybridized carbons (Fsp3) is 0.538. The van der Waals surface area contributed by atoms with Crippen LogP contribution in [0.1, 0.15) is 27.7 Å². The Morgan fingerprint density at radius 1 is 1.13 bits per heavy atom. The van der Waals surface area contributed by atoms with Gasteiger partial charge in [0.25, 0.3) is 0 Å². The van der Waals surface area contributed by atoms with E-state index in [1.807, 2.05) is 18.2 Å². The van der Waals surface area contributed by atoms with Crippen LogP contribution >= 0.6 is 0 Å². The SMILES string of the molecule is CC(C)CN(c1ccccc1N)C(C)C. The number of anilines is 2. The summed E-state index contributed by atoms with van der Waals surface area (Å²) < 4.78 is 0. The summed E-state index contributed by atoms with van der Waals surface area (Å²) in [5.41, 5.74) is 8.01. The molecule has 1 rings (SSSR count). The molecule has 2 heteroatoms. The third-order valence-electron chi connectivity index (χ3n) is 2.43. The molecule has 0 aliphatic carbocycles. The van der Waals surface area contributed by atoms with Crippen LogP contribution < -0.4 is 10.6 Å². The van der Waals surface area contributed by atoms with E-state index in [-0.39, 0.29) is 0 Å². The van der Waals surface area contributed by atoms with Crippen molar-refractivity contribution in [2.45, 2.75) is 33.7 Å². The van der Waals surface area contributed by atoms with E-state index >= 15 is 0 Å². The Morgan fingerprint density at radius 2 is 1.73 bits per heavy atom. The first-order valence-electron chi connectivity index (χ1n) is 5.63. The third kappa shape index (κ3) is 3.15. The van der Waals surface area contributed by atoms with Gasteiger partial charge in [-0.15, -0.1) is 0 Å². The third-order valence-corrected chi connectivity index (χ3v) is 2.43. The minimum atomic E-state index is 0.483. The number of benzene rings is 1. The van der Waals surface area contributed by atoms with Gasteiger partial charge in [0.2, 0.25) is 0 Å². The predicted molar refractivity (Wildman–Crippen MR) is 68.2 cm³/mol. The predicted octanol–water partition coefficient (Wildman–Crippen LogP) is 3.14. The lowest BCUT2D eigenvalue weighted by Crippen LogP contribution is -2.34. The Hall–Kier alpha value is -1.18. The highest BCUT2D eigenvalue weighted by molar-refractivity contribution is 5.67. The summed E-state index contributed by atoms with van der Waals surface area (Å²) in [6, 6.07) is 8.56. The normalized spacial score (nSPS) is 11.1. The first-order chi connectivity index (χ1) is 7.02. The van der Waals surface area contributed by atoms with Crippen molar-refractivity contribution in [3.05, 3.63) is 24.3 Å². The first-order valence-corrected chi connectivity index (χ1v) is 5.63. The molecular formula is C13H22N2. The van der Waals surface area contributed by atoms with Crippen molar-refractivity contribution < 1.29 is 0 Å². The van der Waals surface area contributed by atoms with Crippen molar-refractivity contribution in [3.63, 3.8) is 0 Å². The summed E-state index contributed by atoms with van der Waals surface area (Å²) in [7, 11) is 0. The van der Waals surface area contributed by atoms with Crippen LogP contribution in [0.3, 0.4) is 0 Å². The Kier molecular flexibility index (Phi) is 4.01. The molecule has 0 saturated heterocycles. The zero-order valence-corrected chi connectivity index (χ0v) is 10.2. The van der Waals surface area contributed by atoms with Crippen LogP contribution in [0, 0.1) is 5.92 Å². The van der Waals surface area contributed by atoms with E-state index < -0.39 is 0 Å². The molecule has 84 valence electrons. The second-order valence-corrected chi connectivity index (χ2v) is 4.70. The van der Waals surface area contributed by atoms with Gasteiger partial charge in [-0.25, -0.2) is 0 Å². The zero-order valence-electron chi connectivity index (χ0n) is 10.2. The van der Waals surface area contributed by atoms with E-state index in [0.717, 1.165) is 17.9 Å². The molecule has 0 bridgehead atoms. The zero-order chi connectivity index (χ0) is 11.4. The smallest absolute Gasteiger partial charge is 0.0602 e. The largest absolute Gasteiger partial charge is 0.397 e. The Balaban J connectivity index is 2.94. The highest BCUT2D eigenvalue weighted by Crippen LogP contribution is 2.25. The molecule has 0 aliphatic heterocycles. The van der Waals surface area contributed by atoms with Gasteiger partial charge in [-0.1, -0.05) is 26.0 Å². The lowest BCUT2D eigenvalue weighted by atomic mass is 10.1. The average Bonchev–Trinajstić information content (AvgIpc) is 2.15. The van der Waals surface area contributed by atoms with Crippen LogP contribution in [0.25, 0.3) is 0 Å². The lowest BCUT2D eigenvalue weighted by molar-refractivity contribution is 0.571. The molecule has 15 heavy (non-hydrogen) atoms. The van der Waals surface area contributed by atoms with Gasteiger partial charge < -0.3 is 10.6 Å². The molecule has 0 spiro atoms. The topological polar surface area (TPSA) is 29.3 Å². The molecular weight excluding hydrogens is 184 g/mol. The van der Waals surface area contributed by atoms with Gasteiger partial charge in [0.05, 0.1) is 11.4 Å². The van der Waals surface area contributed by atoms with Crippen molar-refractivity contribution >= 4 is 11.4 Å². The minimum Gasteiger partial charge on any atom is -0.397 e. The quantitative estimate of drug-likeness (QED) is 0.767. The van der Waals surface area contributed by atoms with Crippen molar-refractivity contribution in [1.82, 2.24) is 0 Å². The highest BCUT2D eigenvalue weighted by atomic mass is 15.2. The maximum Gasteiger partial charge on any atom is 0.0602 e. The number of hydrogen-bond donors (Lipinski definition) is 1. The fourth-order valence-electron chi connectivity index (χ4n) is 1.73. The molecule has 2 N–H and O–H groups in total. The molecule has 0 radical (unpaired) electrons. The number of nitrogens with zero attached hydrogens (tertiary/aromatic N) is 1. The van der Waals surface area contributed by atoms with E-state index in [2.05, 4.69) is 38.7 Å². The second-order valence-electron chi connectivity index (χ2n) is 4.70. The minimum absolute atomic E-state index is 0.483. The van der Waals surface area contributed by atoms with Gasteiger partial charge in [-0.05, 0) is 31.9 Å². The summed E-state index contributed by atoms with van der Waals surface area (Å²) in [5.74, 6) is 0.645. The molecule has 0 aromatic heterocycles.